The topological polar surface area (TPSA) is 142 Å². The van der Waals surface area contributed by atoms with Crippen LogP contribution in [0.4, 0.5) is 5.82 Å². The molecular formula is C17H17N7O3S. The quantitative estimate of drug-likeness (QED) is 0.454. The first-order chi connectivity index (χ1) is 13.5. The number of carbonyl (C=O) groups is 1. The zero-order valence-corrected chi connectivity index (χ0v) is 15.8. The van der Waals surface area contributed by atoms with Gasteiger partial charge in [-0.05, 0) is 25.0 Å². The Kier molecular flexibility index (Phi) is 4.59. The van der Waals surface area contributed by atoms with Crippen molar-refractivity contribution in [2.45, 2.75) is 24.0 Å². The van der Waals surface area contributed by atoms with Gasteiger partial charge in [0, 0.05) is 31.0 Å². The molecule has 1 aliphatic rings. The minimum Gasteiger partial charge on any atom is -0.384 e. The van der Waals surface area contributed by atoms with Crippen LogP contribution in [0, 0.1) is 0 Å². The van der Waals surface area contributed by atoms with Crippen molar-refractivity contribution in [3.8, 4) is 11.4 Å². The second-order valence-electron chi connectivity index (χ2n) is 6.44. The van der Waals surface area contributed by atoms with E-state index in [1.165, 1.54) is 4.57 Å². The number of anilines is 1. The van der Waals surface area contributed by atoms with Gasteiger partial charge in [-0.2, -0.15) is 0 Å². The van der Waals surface area contributed by atoms with Gasteiger partial charge < -0.3 is 10.3 Å². The standard InChI is InChI=1S/C17H17N7O3S/c1-23-14(9-3-2-6-19-7-9)21-22-17(23)28-8-11(25)12-13(18)24(10-4-5-10)16(27)20-15(12)26/h2-3,6-7,10H,4-5,8,18H2,1H3,(H,20,26,27). The van der Waals surface area contributed by atoms with Crippen LogP contribution < -0.4 is 17.0 Å². The predicted octanol–water partition coefficient (Wildman–Crippen LogP) is 0.619. The fourth-order valence-electron chi connectivity index (χ4n) is 2.92. The SMILES string of the molecule is Cn1c(SCC(=O)c2c(N)n(C3CC3)c(=O)[nH]c2=O)nnc1-c1cccnc1. The van der Waals surface area contributed by atoms with Crippen molar-refractivity contribution in [2.24, 2.45) is 7.05 Å². The maximum atomic E-state index is 12.7. The molecule has 3 N–H and O–H groups in total. The van der Waals surface area contributed by atoms with Crippen LogP contribution >= 0.6 is 11.8 Å². The summed E-state index contributed by atoms with van der Waals surface area (Å²) >= 11 is 1.14. The molecule has 0 amide bonds. The summed E-state index contributed by atoms with van der Waals surface area (Å²) in [4.78, 5) is 43.0. The molecule has 3 aromatic heterocycles. The average molecular weight is 399 g/mol. The summed E-state index contributed by atoms with van der Waals surface area (Å²) in [6.07, 6.45) is 4.94. The number of ketones is 1. The molecule has 0 spiro atoms. The molecule has 144 valence electrons. The van der Waals surface area contributed by atoms with Gasteiger partial charge in [-0.15, -0.1) is 10.2 Å². The van der Waals surface area contributed by atoms with Gasteiger partial charge in [-0.1, -0.05) is 11.8 Å². The second-order valence-corrected chi connectivity index (χ2v) is 7.38. The summed E-state index contributed by atoms with van der Waals surface area (Å²) in [6.45, 7) is 0. The lowest BCUT2D eigenvalue weighted by Gasteiger charge is -2.10. The number of aromatic nitrogens is 6. The van der Waals surface area contributed by atoms with E-state index >= 15 is 0 Å². The lowest BCUT2D eigenvalue weighted by Crippen LogP contribution is -2.36. The fraction of sp³-hybridized carbons (Fsp3) is 0.294. The maximum Gasteiger partial charge on any atom is 0.330 e. The van der Waals surface area contributed by atoms with Crippen LogP contribution in [0.5, 0.6) is 0 Å². The molecule has 1 fully saturated rings. The first-order valence-corrected chi connectivity index (χ1v) is 9.56. The average Bonchev–Trinajstić information content (AvgIpc) is 3.42. The summed E-state index contributed by atoms with van der Waals surface area (Å²) in [5, 5.41) is 8.74. The van der Waals surface area contributed by atoms with Gasteiger partial charge in [-0.25, -0.2) is 4.79 Å². The largest absolute Gasteiger partial charge is 0.384 e. The van der Waals surface area contributed by atoms with Gasteiger partial charge >= 0.3 is 5.69 Å². The third kappa shape index (κ3) is 3.24. The molecule has 0 aliphatic heterocycles. The number of rotatable bonds is 6. The molecule has 0 atom stereocenters. The first kappa shape index (κ1) is 18.2. The van der Waals surface area contributed by atoms with Gasteiger partial charge in [0.1, 0.15) is 11.4 Å². The minimum absolute atomic E-state index is 0.0515. The van der Waals surface area contributed by atoms with E-state index in [1.807, 2.05) is 6.07 Å². The molecule has 0 aromatic carbocycles. The number of nitrogen functional groups attached to an aromatic ring is 1. The van der Waals surface area contributed by atoms with Crippen LogP contribution in [0.3, 0.4) is 0 Å². The number of hydrogen-bond donors (Lipinski definition) is 2. The molecule has 10 nitrogen and oxygen atoms in total. The Morgan fingerprint density at radius 1 is 1.36 bits per heavy atom. The minimum atomic E-state index is -0.765. The van der Waals surface area contributed by atoms with Gasteiger partial charge in [-0.3, -0.25) is 24.1 Å². The van der Waals surface area contributed by atoms with Crippen molar-refractivity contribution < 1.29 is 4.79 Å². The number of hydrogen-bond acceptors (Lipinski definition) is 8. The van der Waals surface area contributed by atoms with E-state index < -0.39 is 17.0 Å². The Hall–Kier alpha value is -3.21. The van der Waals surface area contributed by atoms with Crippen LogP contribution in [0.2, 0.25) is 0 Å². The van der Waals surface area contributed by atoms with Crippen LogP contribution in [0.1, 0.15) is 29.2 Å². The number of aromatic amines is 1. The third-order valence-corrected chi connectivity index (χ3v) is 5.48. The number of nitrogens with one attached hydrogen (secondary N) is 1. The van der Waals surface area contributed by atoms with Crippen LogP contribution in [-0.4, -0.2) is 40.8 Å². The Labute approximate surface area is 162 Å². The molecule has 0 bridgehead atoms. The van der Waals surface area contributed by atoms with Crippen molar-refractivity contribution in [1.82, 2.24) is 29.3 Å². The first-order valence-electron chi connectivity index (χ1n) is 8.57. The number of Topliss-reactive ketones (excluding diaryl/α,β-unsaturated/α-hetero) is 1. The number of carbonyl (C=O) groups excluding carboxylic acids is 1. The third-order valence-electron chi connectivity index (χ3n) is 4.46. The van der Waals surface area contributed by atoms with Crippen molar-refractivity contribution in [1.29, 1.82) is 0 Å². The number of pyridine rings is 1. The zero-order chi connectivity index (χ0) is 19.8. The van der Waals surface area contributed by atoms with Gasteiger partial charge in [0.25, 0.3) is 5.56 Å². The van der Waals surface area contributed by atoms with Gasteiger partial charge in [0.2, 0.25) is 0 Å². The Morgan fingerprint density at radius 2 is 2.14 bits per heavy atom. The number of H-pyrrole nitrogens is 1. The summed E-state index contributed by atoms with van der Waals surface area (Å²) in [6, 6.07) is 3.60. The summed E-state index contributed by atoms with van der Waals surface area (Å²) in [5.74, 6) is 0.0115. The lowest BCUT2D eigenvalue weighted by atomic mass is 10.2. The van der Waals surface area contributed by atoms with Crippen LogP contribution in [0.25, 0.3) is 11.4 Å². The smallest absolute Gasteiger partial charge is 0.330 e. The van der Waals surface area contributed by atoms with Gasteiger partial charge in [0.05, 0.1) is 5.75 Å². The lowest BCUT2D eigenvalue weighted by molar-refractivity contribution is 0.102. The van der Waals surface area contributed by atoms with Crippen LogP contribution in [0.15, 0.2) is 39.3 Å². The molecule has 0 saturated heterocycles. The highest BCUT2D eigenvalue weighted by Gasteiger charge is 2.30. The molecule has 4 rings (SSSR count). The van der Waals surface area contributed by atoms with E-state index in [1.54, 1.807) is 30.1 Å². The second kappa shape index (κ2) is 7.08. The van der Waals surface area contributed by atoms with E-state index in [4.69, 9.17) is 5.73 Å². The highest BCUT2D eigenvalue weighted by Crippen LogP contribution is 2.35. The highest BCUT2D eigenvalue weighted by molar-refractivity contribution is 7.99. The molecule has 11 heteroatoms. The monoisotopic (exact) mass is 399 g/mol. The molecule has 28 heavy (non-hydrogen) atoms. The summed E-state index contributed by atoms with van der Waals surface area (Å²) in [5.41, 5.74) is 5.25. The Bertz CT molecular complexity index is 1160. The van der Waals surface area contributed by atoms with E-state index in [-0.39, 0.29) is 23.2 Å². The van der Waals surface area contributed by atoms with E-state index in [0.29, 0.717) is 11.0 Å². The van der Waals surface area contributed by atoms with Crippen molar-refractivity contribution in [3.63, 3.8) is 0 Å². The summed E-state index contributed by atoms with van der Waals surface area (Å²) < 4.78 is 3.04. The Morgan fingerprint density at radius 3 is 2.82 bits per heavy atom. The Balaban J connectivity index is 1.56. The molecule has 3 heterocycles. The zero-order valence-electron chi connectivity index (χ0n) is 15.0. The van der Waals surface area contributed by atoms with E-state index in [2.05, 4.69) is 20.2 Å². The molecule has 0 unspecified atom stereocenters. The number of thioether (sulfide) groups is 1. The number of nitrogens with two attached hydrogens (primary N) is 1. The van der Waals surface area contributed by atoms with E-state index in [0.717, 1.165) is 30.2 Å². The fourth-order valence-corrected chi connectivity index (χ4v) is 3.70. The van der Waals surface area contributed by atoms with Crippen molar-refractivity contribution >= 4 is 23.4 Å². The van der Waals surface area contributed by atoms with Crippen molar-refractivity contribution in [2.75, 3.05) is 11.5 Å². The van der Waals surface area contributed by atoms with Crippen LogP contribution in [-0.2, 0) is 7.05 Å². The molecule has 3 aromatic rings. The molecular weight excluding hydrogens is 382 g/mol. The van der Waals surface area contributed by atoms with E-state index in [9.17, 15) is 14.4 Å². The summed E-state index contributed by atoms with van der Waals surface area (Å²) in [7, 11) is 1.78. The molecule has 1 aliphatic carbocycles. The highest BCUT2D eigenvalue weighted by atomic mass is 32.2. The molecule has 0 radical (unpaired) electrons. The molecule has 1 saturated carbocycles. The van der Waals surface area contributed by atoms with Crippen molar-refractivity contribution in [3.05, 3.63) is 50.9 Å². The predicted molar refractivity (Wildman–Crippen MR) is 103 cm³/mol. The normalized spacial score (nSPS) is 13.6. The van der Waals surface area contributed by atoms with Gasteiger partial charge in [0.15, 0.2) is 16.8 Å². The number of nitrogens with zero attached hydrogens (tertiary/aromatic N) is 5. The maximum absolute atomic E-state index is 12.7.